The van der Waals surface area contributed by atoms with Crippen molar-refractivity contribution in [1.29, 1.82) is 0 Å². The number of methoxy groups -OCH3 is 1. The number of hydrazine groups is 1. The number of nitrogens with zero attached hydrogens (tertiary/aromatic N) is 1. The summed E-state index contributed by atoms with van der Waals surface area (Å²) in [6.07, 6.45) is 14.1. The zero-order chi connectivity index (χ0) is 31.4. The maximum Gasteiger partial charge on any atom is 0.324 e. The van der Waals surface area contributed by atoms with Gasteiger partial charge in [-0.15, -0.1) is 0 Å². The van der Waals surface area contributed by atoms with Crippen LogP contribution in [0.5, 0.6) is 0 Å². The van der Waals surface area contributed by atoms with Gasteiger partial charge in [0, 0.05) is 20.1 Å². The van der Waals surface area contributed by atoms with Gasteiger partial charge in [0.25, 0.3) is 5.91 Å². The van der Waals surface area contributed by atoms with Crippen molar-refractivity contribution in [3.63, 3.8) is 0 Å². The summed E-state index contributed by atoms with van der Waals surface area (Å²) in [7, 11) is 1.59. The molecule has 1 saturated heterocycles. The van der Waals surface area contributed by atoms with Gasteiger partial charge in [0.1, 0.15) is 18.1 Å². The topological polar surface area (TPSA) is 146 Å². The van der Waals surface area contributed by atoms with Crippen molar-refractivity contribution in [3.8, 4) is 0 Å². The standard InChI is InChI=1S/C32H50N4O7/c1-21(2)28-30(39)33-26(20-23-13-11-14-24(37)19-23)31(40)36-17-12-15-25(35-36)32(41)43-18-10-8-6-5-7-9-16-27(42-4)22(3)29(38)34-28/h6,8,11,13,19,21-22,24-28,35,37H,5,7,9-10,12,14-18,20H2,1-4H3,(H,33,39)(H,34,38)/b8-6+/t22-,24?,25+,26+,27-,28+/m1/s1. The van der Waals surface area contributed by atoms with Gasteiger partial charge in [-0.2, -0.15) is 0 Å². The van der Waals surface area contributed by atoms with Crippen LogP contribution in [0.25, 0.3) is 0 Å². The van der Waals surface area contributed by atoms with E-state index in [-0.39, 0.29) is 31.0 Å². The zero-order valence-corrected chi connectivity index (χ0v) is 26.1. The molecule has 6 atom stereocenters. The van der Waals surface area contributed by atoms with Crippen molar-refractivity contribution in [2.24, 2.45) is 11.8 Å². The van der Waals surface area contributed by atoms with E-state index in [9.17, 15) is 24.3 Å². The number of rotatable bonds is 4. The molecule has 43 heavy (non-hydrogen) atoms. The van der Waals surface area contributed by atoms with Crippen LogP contribution in [0.15, 0.2) is 36.0 Å². The number of carbonyl (C=O) groups excluding carboxylic acids is 4. The number of nitrogens with one attached hydrogen (secondary N) is 3. The van der Waals surface area contributed by atoms with Gasteiger partial charge in [-0.3, -0.25) is 24.2 Å². The van der Waals surface area contributed by atoms with E-state index in [2.05, 4.69) is 22.1 Å². The van der Waals surface area contributed by atoms with Crippen LogP contribution >= 0.6 is 0 Å². The summed E-state index contributed by atoms with van der Waals surface area (Å²) >= 11 is 0. The van der Waals surface area contributed by atoms with E-state index in [0.29, 0.717) is 44.2 Å². The van der Waals surface area contributed by atoms with Crippen LogP contribution in [0.3, 0.4) is 0 Å². The molecule has 2 bridgehead atoms. The normalized spacial score (nSPS) is 31.7. The average Bonchev–Trinajstić information content (AvgIpc) is 2.99. The molecule has 2 heterocycles. The third-order valence-electron chi connectivity index (χ3n) is 8.23. The van der Waals surface area contributed by atoms with Crippen LogP contribution in [0.4, 0.5) is 0 Å². The summed E-state index contributed by atoms with van der Waals surface area (Å²) in [4.78, 5) is 53.6. The molecule has 4 N–H and O–H groups in total. The number of carbonyl (C=O) groups is 4. The Labute approximate surface area is 255 Å². The van der Waals surface area contributed by atoms with Gasteiger partial charge in [0.15, 0.2) is 0 Å². The Morgan fingerprint density at radius 1 is 1.02 bits per heavy atom. The SMILES string of the molecule is CO[C@@H]1CCCC/C=C/CCOC(=O)[C@@H]2CCCN(N2)C(=O)[C@H](CC2=CC(O)CC=C2)NC(=O)[C@H](C(C)C)NC(=O)[C@@H]1C. The minimum Gasteiger partial charge on any atom is -0.464 e. The minimum atomic E-state index is -0.999. The zero-order valence-electron chi connectivity index (χ0n) is 26.1. The summed E-state index contributed by atoms with van der Waals surface area (Å²) in [5, 5.41) is 17.3. The summed E-state index contributed by atoms with van der Waals surface area (Å²) in [5.41, 5.74) is 3.72. The van der Waals surface area contributed by atoms with Gasteiger partial charge in [0.2, 0.25) is 11.8 Å². The summed E-state index contributed by atoms with van der Waals surface area (Å²) in [5.74, 6) is -2.33. The van der Waals surface area contributed by atoms with Gasteiger partial charge in [-0.1, -0.05) is 57.6 Å². The van der Waals surface area contributed by atoms with Gasteiger partial charge in [-0.05, 0) is 56.4 Å². The Kier molecular flexibility index (Phi) is 13.9. The van der Waals surface area contributed by atoms with Gasteiger partial charge < -0.3 is 25.2 Å². The van der Waals surface area contributed by atoms with E-state index in [4.69, 9.17) is 9.47 Å². The molecule has 1 fully saturated rings. The van der Waals surface area contributed by atoms with Crippen LogP contribution in [0.1, 0.15) is 78.6 Å². The molecular weight excluding hydrogens is 552 g/mol. The molecule has 0 aromatic rings. The van der Waals surface area contributed by atoms with E-state index < -0.39 is 47.9 Å². The highest BCUT2D eigenvalue weighted by Crippen LogP contribution is 2.20. The highest BCUT2D eigenvalue weighted by molar-refractivity contribution is 5.93. The predicted octanol–water partition coefficient (Wildman–Crippen LogP) is 2.46. The Morgan fingerprint density at radius 3 is 2.51 bits per heavy atom. The molecule has 0 spiro atoms. The fourth-order valence-electron chi connectivity index (χ4n) is 5.60. The predicted molar refractivity (Wildman–Crippen MR) is 162 cm³/mol. The largest absolute Gasteiger partial charge is 0.464 e. The van der Waals surface area contributed by atoms with E-state index >= 15 is 0 Å². The number of ether oxygens (including phenoxy) is 2. The molecule has 0 aromatic carbocycles. The van der Waals surface area contributed by atoms with Crippen molar-refractivity contribution in [3.05, 3.63) is 36.0 Å². The molecule has 0 aromatic heterocycles. The van der Waals surface area contributed by atoms with Crippen molar-refractivity contribution in [2.45, 2.75) is 109 Å². The highest BCUT2D eigenvalue weighted by atomic mass is 16.5. The fraction of sp³-hybridized carbons (Fsp3) is 0.688. The molecule has 3 rings (SSSR count). The van der Waals surface area contributed by atoms with Crippen molar-refractivity contribution >= 4 is 23.7 Å². The second-order valence-corrected chi connectivity index (χ2v) is 12.0. The lowest BCUT2D eigenvalue weighted by molar-refractivity contribution is -0.153. The Morgan fingerprint density at radius 2 is 1.79 bits per heavy atom. The molecule has 3 aliphatic rings. The monoisotopic (exact) mass is 602 g/mol. The average molecular weight is 603 g/mol. The first kappa shape index (κ1) is 34.5. The summed E-state index contributed by atoms with van der Waals surface area (Å²) in [6, 6.07) is -2.56. The third kappa shape index (κ3) is 10.6. The molecule has 1 aliphatic carbocycles. The second-order valence-electron chi connectivity index (χ2n) is 12.0. The van der Waals surface area contributed by atoms with Crippen molar-refractivity contribution < 1.29 is 33.8 Å². The first-order valence-electron chi connectivity index (χ1n) is 15.7. The van der Waals surface area contributed by atoms with E-state index in [1.807, 2.05) is 32.1 Å². The Balaban J connectivity index is 1.86. The molecule has 3 amide bonds. The number of esters is 1. The first-order valence-corrected chi connectivity index (χ1v) is 15.7. The van der Waals surface area contributed by atoms with Crippen LogP contribution in [-0.2, 0) is 28.7 Å². The number of cyclic esters (lactones) is 1. The fourth-order valence-corrected chi connectivity index (χ4v) is 5.60. The molecule has 0 saturated carbocycles. The number of hydrogen-bond donors (Lipinski definition) is 4. The minimum absolute atomic E-state index is 0.138. The quantitative estimate of drug-likeness (QED) is 0.284. The van der Waals surface area contributed by atoms with E-state index in [1.54, 1.807) is 20.1 Å². The summed E-state index contributed by atoms with van der Waals surface area (Å²) < 4.78 is 11.1. The van der Waals surface area contributed by atoms with Gasteiger partial charge in [0.05, 0.1) is 24.7 Å². The molecule has 240 valence electrons. The van der Waals surface area contributed by atoms with Crippen LogP contribution in [0, 0.1) is 11.8 Å². The molecule has 11 nitrogen and oxygen atoms in total. The number of aliphatic hydroxyl groups excluding tert-OH is 1. The first-order chi connectivity index (χ1) is 20.6. The number of hydrogen-bond acceptors (Lipinski definition) is 8. The molecule has 11 heteroatoms. The maximum atomic E-state index is 13.9. The summed E-state index contributed by atoms with van der Waals surface area (Å²) in [6.45, 7) is 6.08. The lowest BCUT2D eigenvalue weighted by atomic mass is 9.95. The number of amides is 3. The van der Waals surface area contributed by atoms with Gasteiger partial charge in [-0.25, -0.2) is 5.43 Å². The van der Waals surface area contributed by atoms with Crippen LogP contribution in [-0.4, -0.2) is 84.4 Å². The van der Waals surface area contributed by atoms with E-state index in [0.717, 1.165) is 19.3 Å². The lowest BCUT2D eigenvalue weighted by Crippen LogP contribution is -2.61. The smallest absolute Gasteiger partial charge is 0.324 e. The van der Waals surface area contributed by atoms with Crippen molar-refractivity contribution in [2.75, 3.05) is 20.3 Å². The third-order valence-corrected chi connectivity index (χ3v) is 8.23. The van der Waals surface area contributed by atoms with Crippen molar-refractivity contribution in [1.82, 2.24) is 21.1 Å². The maximum absolute atomic E-state index is 13.9. The molecular formula is C32H50N4O7. The number of aliphatic hydroxyl groups is 1. The number of allylic oxidation sites excluding steroid dienone is 2. The van der Waals surface area contributed by atoms with Crippen LogP contribution < -0.4 is 16.1 Å². The molecule has 2 aliphatic heterocycles. The van der Waals surface area contributed by atoms with E-state index in [1.165, 1.54) is 5.01 Å². The lowest BCUT2D eigenvalue weighted by Gasteiger charge is -2.36. The Bertz CT molecular complexity index is 1060. The number of fused-ring (bicyclic) bond motifs is 2. The van der Waals surface area contributed by atoms with Crippen LogP contribution in [0.2, 0.25) is 0 Å². The Hall–Kier alpha value is -3.02. The molecule has 0 radical (unpaired) electrons. The van der Waals surface area contributed by atoms with Gasteiger partial charge >= 0.3 is 5.97 Å². The second kappa shape index (κ2) is 17.3. The molecule has 1 unspecified atom stereocenters. The highest BCUT2D eigenvalue weighted by Gasteiger charge is 2.36.